The average Bonchev–Trinajstić information content (AvgIpc) is 2.95. The molecule has 0 saturated heterocycles. The Morgan fingerprint density at radius 1 is 1.16 bits per heavy atom. The first-order chi connectivity index (χ1) is 12.0. The highest BCUT2D eigenvalue weighted by molar-refractivity contribution is 6.30. The summed E-state index contributed by atoms with van der Waals surface area (Å²) >= 11 is 5.88. The van der Waals surface area contributed by atoms with Gasteiger partial charge < -0.3 is 5.32 Å². The van der Waals surface area contributed by atoms with Crippen LogP contribution in [0.2, 0.25) is 5.02 Å². The van der Waals surface area contributed by atoms with Crippen molar-refractivity contribution in [3.8, 4) is 11.4 Å². The molecular formula is C18H18ClN5O. The molecule has 1 aromatic carbocycles. The SMILES string of the molecule is Cc1c([C@H](C)NC(=O)c2cnc(-c3ccc(Cl)cc3)nc2)cnn1C. The summed E-state index contributed by atoms with van der Waals surface area (Å²) in [7, 11) is 1.87. The van der Waals surface area contributed by atoms with Gasteiger partial charge in [-0.05, 0) is 38.1 Å². The summed E-state index contributed by atoms with van der Waals surface area (Å²) in [5, 5.41) is 7.80. The van der Waals surface area contributed by atoms with Gasteiger partial charge in [-0.2, -0.15) is 5.10 Å². The first-order valence-electron chi connectivity index (χ1n) is 7.83. The van der Waals surface area contributed by atoms with E-state index in [0.717, 1.165) is 16.8 Å². The number of hydrogen-bond acceptors (Lipinski definition) is 4. The van der Waals surface area contributed by atoms with Crippen molar-refractivity contribution in [2.45, 2.75) is 19.9 Å². The number of nitrogens with one attached hydrogen (secondary N) is 1. The number of aryl methyl sites for hydroxylation is 1. The van der Waals surface area contributed by atoms with E-state index in [2.05, 4.69) is 20.4 Å². The summed E-state index contributed by atoms with van der Waals surface area (Å²) < 4.78 is 1.78. The molecule has 0 saturated carbocycles. The first-order valence-corrected chi connectivity index (χ1v) is 8.21. The number of aromatic nitrogens is 4. The second-order valence-electron chi connectivity index (χ2n) is 5.81. The van der Waals surface area contributed by atoms with Gasteiger partial charge in [0.25, 0.3) is 5.91 Å². The molecule has 1 N–H and O–H groups in total. The van der Waals surface area contributed by atoms with Crippen molar-refractivity contribution < 1.29 is 4.79 Å². The maximum Gasteiger partial charge on any atom is 0.254 e. The van der Waals surface area contributed by atoms with Crippen LogP contribution in [-0.4, -0.2) is 25.7 Å². The molecule has 7 heteroatoms. The van der Waals surface area contributed by atoms with Crippen LogP contribution in [0.25, 0.3) is 11.4 Å². The second kappa shape index (κ2) is 7.03. The molecule has 2 heterocycles. The molecule has 1 amide bonds. The van der Waals surface area contributed by atoms with E-state index in [0.29, 0.717) is 16.4 Å². The molecule has 128 valence electrons. The number of amides is 1. The van der Waals surface area contributed by atoms with E-state index >= 15 is 0 Å². The number of hydrogen-bond donors (Lipinski definition) is 1. The summed E-state index contributed by atoms with van der Waals surface area (Å²) in [4.78, 5) is 20.9. The highest BCUT2D eigenvalue weighted by atomic mass is 35.5. The van der Waals surface area contributed by atoms with Crippen molar-refractivity contribution in [1.29, 1.82) is 0 Å². The van der Waals surface area contributed by atoms with Crippen LogP contribution < -0.4 is 5.32 Å². The molecule has 0 radical (unpaired) electrons. The molecule has 1 atom stereocenters. The van der Waals surface area contributed by atoms with Gasteiger partial charge in [-0.1, -0.05) is 11.6 Å². The lowest BCUT2D eigenvalue weighted by atomic mass is 10.1. The van der Waals surface area contributed by atoms with Crippen molar-refractivity contribution in [3.05, 3.63) is 64.7 Å². The number of nitrogens with zero attached hydrogens (tertiary/aromatic N) is 4. The standard InChI is InChI=1S/C18H18ClN5O/c1-11(16-10-22-24(3)12(16)2)23-18(25)14-8-20-17(21-9-14)13-4-6-15(19)7-5-13/h4-11H,1-3H3,(H,23,25)/t11-/m0/s1. The summed E-state index contributed by atoms with van der Waals surface area (Å²) in [6.07, 6.45) is 4.81. The summed E-state index contributed by atoms with van der Waals surface area (Å²) in [5.74, 6) is 0.322. The molecule has 2 aromatic heterocycles. The zero-order valence-corrected chi connectivity index (χ0v) is 14.9. The Bertz CT molecular complexity index is 887. The van der Waals surface area contributed by atoms with E-state index in [-0.39, 0.29) is 11.9 Å². The van der Waals surface area contributed by atoms with Crippen LogP contribution in [0.5, 0.6) is 0 Å². The fourth-order valence-corrected chi connectivity index (χ4v) is 2.62. The normalized spacial score (nSPS) is 12.0. The zero-order valence-electron chi connectivity index (χ0n) is 14.2. The van der Waals surface area contributed by atoms with Gasteiger partial charge in [0.2, 0.25) is 0 Å². The van der Waals surface area contributed by atoms with Gasteiger partial charge in [-0.25, -0.2) is 9.97 Å². The van der Waals surface area contributed by atoms with Gasteiger partial charge in [0, 0.05) is 41.3 Å². The minimum absolute atomic E-state index is 0.155. The molecule has 3 rings (SSSR count). The third kappa shape index (κ3) is 3.69. The quantitative estimate of drug-likeness (QED) is 0.779. The van der Waals surface area contributed by atoms with Gasteiger partial charge in [0.1, 0.15) is 0 Å². The molecule has 0 aliphatic heterocycles. The smallest absolute Gasteiger partial charge is 0.254 e. The Morgan fingerprint density at radius 3 is 2.36 bits per heavy atom. The second-order valence-corrected chi connectivity index (χ2v) is 6.24. The van der Waals surface area contributed by atoms with Gasteiger partial charge >= 0.3 is 0 Å². The van der Waals surface area contributed by atoms with Crippen molar-refractivity contribution in [3.63, 3.8) is 0 Å². The van der Waals surface area contributed by atoms with Crippen LogP contribution >= 0.6 is 11.6 Å². The topological polar surface area (TPSA) is 72.7 Å². The third-order valence-corrected chi connectivity index (χ3v) is 4.36. The van der Waals surface area contributed by atoms with Crippen molar-refractivity contribution in [1.82, 2.24) is 25.1 Å². The molecule has 0 spiro atoms. The Morgan fingerprint density at radius 2 is 1.80 bits per heavy atom. The predicted molar refractivity (Wildman–Crippen MR) is 96.3 cm³/mol. The molecule has 6 nitrogen and oxygen atoms in total. The van der Waals surface area contributed by atoms with E-state index in [1.54, 1.807) is 23.0 Å². The van der Waals surface area contributed by atoms with E-state index < -0.39 is 0 Å². The highest BCUT2D eigenvalue weighted by Crippen LogP contribution is 2.19. The maximum absolute atomic E-state index is 12.4. The Kier molecular flexibility index (Phi) is 4.81. The summed E-state index contributed by atoms with van der Waals surface area (Å²) in [5.41, 5.74) is 3.25. The largest absolute Gasteiger partial charge is 0.345 e. The van der Waals surface area contributed by atoms with Crippen molar-refractivity contribution in [2.75, 3.05) is 0 Å². The molecule has 0 fully saturated rings. The number of rotatable bonds is 4. The maximum atomic E-state index is 12.4. The summed E-state index contributed by atoms with van der Waals surface area (Å²) in [6.45, 7) is 3.89. The van der Waals surface area contributed by atoms with Crippen molar-refractivity contribution >= 4 is 17.5 Å². The van der Waals surface area contributed by atoms with E-state index in [1.165, 1.54) is 12.4 Å². The van der Waals surface area contributed by atoms with Gasteiger partial charge in [0.05, 0.1) is 17.8 Å². The van der Waals surface area contributed by atoms with Crippen LogP contribution in [0.15, 0.2) is 42.9 Å². The molecule has 3 aromatic rings. The lowest BCUT2D eigenvalue weighted by Crippen LogP contribution is -2.27. The first kappa shape index (κ1) is 17.1. The minimum atomic E-state index is -0.224. The zero-order chi connectivity index (χ0) is 18.0. The molecule has 0 aliphatic carbocycles. The molecular weight excluding hydrogens is 338 g/mol. The van der Waals surface area contributed by atoms with E-state index in [4.69, 9.17) is 11.6 Å². The Balaban J connectivity index is 1.72. The lowest BCUT2D eigenvalue weighted by Gasteiger charge is -2.13. The predicted octanol–water partition coefficient (Wildman–Crippen LogP) is 3.33. The molecule has 25 heavy (non-hydrogen) atoms. The van der Waals surface area contributed by atoms with Crippen LogP contribution in [-0.2, 0) is 7.05 Å². The number of carbonyl (C=O) groups is 1. The Hall–Kier alpha value is -2.73. The number of carbonyl (C=O) groups excluding carboxylic acids is 1. The van der Waals surface area contributed by atoms with Gasteiger partial charge in [0.15, 0.2) is 5.82 Å². The number of halogens is 1. The average molecular weight is 356 g/mol. The molecule has 0 aliphatic rings. The minimum Gasteiger partial charge on any atom is -0.345 e. The number of benzene rings is 1. The van der Waals surface area contributed by atoms with Crippen molar-refractivity contribution in [2.24, 2.45) is 7.05 Å². The molecule has 0 unspecified atom stereocenters. The fourth-order valence-electron chi connectivity index (χ4n) is 2.49. The van der Waals surface area contributed by atoms with Crippen LogP contribution in [0, 0.1) is 6.92 Å². The lowest BCUT2D eigenvalue weighted by molar-refractivity contribution is 0.0939. The van der Waals surface area contributed by atoms with Crippen LogP contribution in [0.3, 0.4) is 0 Å². The van der Waals surface area contributed by atoms with Crippen LogP contribution in [0.1, 0.15) is 34.6 Å². The van der Waals surface area contributed by atoms with E-state index in [1.807, 2.05) is 33.0 Å². The third-order valence-electron chi connectivity index (χ3n) is 4.10. The fraction of sp³-hybridized carbons (Fsp3) is 0.222. The van der Waals surface area contributed by atoms with E-state index in [9.17, 15) is 4.79 Å². The highest BCUT2D eigenvalue weighted by Gasteiger charge is 2.16. The summed E-state index contributed by atoms with van der Waals surface area (Å²) in [6, 6.07) is 7.07. The van der Waals surface area contributed by atoms with Gasteiger partial charge in [-0.3, -0.25) is 9.48 Å². The van der Waals surface area contributed by atoms with Crippen LogP contribution in [0.4, 0.5) is 0 Å². The monoisotopic (exact) mass is 355 g/mol. The van der Waals surface area contributed by atoms with Gasteiger partial charge in [-0.15, -0.1) is 0 Å². The molecule has 0 bridgehead atoms. The Labute approximate surface area is 150 Å².